The van der Waals surface area contributed by atoms with Crippen molar-refractivity contribution in [2.45, 2.75) is 52.5 Å². The van der Waals surface area contributed by atoms with Crippen molar-refractivity contribution in [1.29, 1.82) is 0 Å². The van der Waals surface area contributed by atoms with Crippen LogP contribution < -0.4 is 10.1 Å². The summed E-state index contributed by atoms with van der Waals surface area (Å²) >= 11 is 0. The summed E-state index contributed by atoms with van der Waals surface area (Å²) < 4.78 is 5.71. The molecule has 1 N–H and O–H groups in total. The number of para-hydroxylation sites is 1. The average molecular weight is 275 g/mol. The van der Waals surface area contributed by atoms with Gasteiger partial charge in [0.25, 0.3) is 0 Å². The van der Waals surface area contributed by atoms with Gasteiger partial charge in [0.1, 0.15) is 12.4 Å². The van der Waals surface area contributed by atoms with Crippen molar-refractivity contribution in [3.05, 3.63) is 30.3 Å². The first-order valence-electron chi connectivity index (χ1n) is 7.97. The molecule has 0 unspecified atom stereocenters. The number of ether oxygens (including phenoxy) is 1. The van der Waals surface area contributed by atoms with Gasteiger partial charge in [0.15, 0.2) is 0 Å². The van der Waals surface area contributed by atoms with Crippen molar-refractivity contribution in [1.82, 2.24) is 5.32 Å². The van der Waals surface area contributed by atoms with Gasteiger partial charge in [0.2, 0.25) is 0 Å². The molecule has 0 atom stereocenters. The van der Waals surface area contributed by atoms with Crippen LogP contribution in [-0.2, 0) is 0 Å². The molecule has 20 heavy (non-hydrogen) atoms. The molecule has 0 radical (unpaired) electrons. The zero-order valence-corrected chi connectivity index (χ0v) is 13.2. The van der Waals surface area contributed by atoms with Gasteiger partial charge in [-0.25, -0.2) is 0 Å². The normalized spacial score (nSPS) is 23.6. The van der Waals surface area contributed by atoms with E-state index in [1.165, 1.54) is 25.7 Å². The van der Waals surface area contributed by atoms with Gasteiger partial charge in [0, 0.05) is 12.6 Å². The molecule has 0 amide bonds. The molecule has 1 aliphatic carbocycles. The lowest BCUT2D eigenvalue weighted by Gasteiger charge is -2.37. The molecule has 2 heteroatoms. The van der Waals surface area contributed by atoms with E-state index in [9.17, 15) is 0 Å². The second-order valence-corrected chi connectivity index (χ2v) is 7.03. The maximum Gasteiger partial charge on any atom is 0.119 e. The number of hydrogen-bond acceptors (Lipinski definition) is 2. The monoisotopic (exact) mass is 275 g/mol. The predicted molar refractivity (Wildman–Crippen MR) is 85.1 cm³/mol. The number of hydrogen-bond donors (Lipinski definition) is 1. The lowest BCUT2D eigenvalue weighted by atomic mass is 9.71. The van der Waals surface area contributed by atoms with E-state index in [4.69, 9.17) is 4.74 Å². The molecule has 1 fully saturated rings. The Balaban J connectivity index is 1.60. The molecule has 0 spiro atoms. The first kappa shape index (κ1) is 15.4. The molecule has 0 saturated heterocycles. The van der Waals surface area contributed by atoms with E-state index in [1.54, 1.807) is 0 Å². The third-order valence-electron chi connectivity index (χ3n) is 4.50. The molecule has 2 rings (SSSR count). The minimum Gasteiger partial charge on any atom is -0.492 e. The van der Waals surface area contributed by atoms with Crippen molar-refractivity contribution in [2.75, 3.05) is 13.2 Å². The summed E-state index contributed by atoms with van der Waals surface area (Å²) in [6.07, 6.45) is 5.35. The van der Waals surface area contributed by atoms with Gasteiger partial charge in [-0.15, -0.1) is 0 Å². The van der Waals surface area contributed by atoms with Crippen molar-refractivity contribution in [3.63, 3.8) is 0 Å². The lowest BCUT2D eigenvalue weighted by Crippen LogP contribution is -2.38. The van der Waals surface area contributed by atoms with Crippen molar-refractivity contribution >= 4 is 0 Å². The summed E-state index contributed by atoms with van der Waals surface area (Å²) in [7, 11) is 0. The Hall–Kier alpha value is -1.02. The fraction of sp³-hybridized carbons (Fsp3) is 0.667. The van der Waals surface area contributed by atoms with E-state index in [0.717, 1.165) is 24.8 Å². The summed E-state index contributed by atoms with van der Waals surface area (Å²) in [4.78, 5) is 0. The van der Waals surface area contributed by atoms with Crippen LogP contribution in [0.15, 0.2) is 30.3 Å². The fourth-order valence-corrected chi connectivity index (χ4v) is 3.11. The smallest absolute Gasteiger partial charge is 0.119 e. The largest absolute Gasteiger partial charge is 0.492 e. The predicted octanol–water partition coefficient (Wildman–Crippen LogP) is 4.26. The highest BCUT2D eigenvalue weighted by atomic mass is 16.5. The molecule has 1 saturated carbocycles. The zero-order valence-electron chi connectivity index (χ0n) is 13.2. The third kappa shape index (κ3) is 4.82. The Morgan fingerprint density at radius 2 is 1.70 bits per heavy atom. The van der Waals surface area contributed by atoms with Crippen LogP contribution in [0.3, 0.4) is 0 Å². The van der Waals surface area contributed by atoms with Crippen molar-refractivity contribution < 1.29 is 4.74 Å². The second-order valence-electron chi connectivity index (χ2n) is 7.03. The molecule has 0 bridgehead atoms. The SMILES string of the molecule is CC(C)(C)C1CCC(NCCOc2ccccc2)CC1. The summed E-state index contributed by atoms with van der Waals surface area (Å²) in [6.45, 7) is 8.82. The molecule has 1 aromatic carbocycles. The Morgan fingerprint density at radius 3 is 2.30 bits per heavy atom. The summed E-state index contributed by atoms with van der Waals surface area (Å²) in [5, 5.41) is 3.64. The van der Waals surface area contributed by atoms with Gasteiger partial charge >= 0.3 is 0 Å². The van der Waals surface area contributed by atoms with Crippen LogP contribution in [0.5, 0.6) is 5.75 Å². The quantitative estimate of drug-likeness (QED) is 0.811. The van der Waals surface area contributed by atoms with Gasteiger partial charge < -0.3 is 10.1 Å². The minimum atomic E-state index is 0.474. The van der Waals surface area contributed by atoms with Gasteiger partial charge in [-0.2, -0.15) is 0 Å². The number of rotatable bonds is 5. The Labute approximate surface area is 123 Å². The first-order valence-corrected chi connectivity index (χ1v) is 7.97. The molecule has 0 aliphatic heterocycles. The second kappa shape index (κ2) is 7.12. The van der Waals surface area contributed by atoms with E-state index in [0.29, 0.717) is 11.5 Å². The lowest BCUT2D eigenvalue weighted by molar-refractivity contribution is 0.158. The van der Waals surface area contributed by atoms with E-state index in [2.05, 4.69) is 26.1 Å². The van der Waals surface area contributed by atoms with E-state index in [-0.39, 0.29) is 0 Å². The molecule has 2 nitrogen and oxygen atoms in total. The Bertz CT molecular complexity index is 374. The summed E-state index contributed by atoms with van der Waals surface area (Å²) in [6, 6.07) is 10.7. The molecule has 1 aromatic rings. The number of benzene rings is 1. The summed E-state index contributed by atoms with van der Waals surface area (Å²) in [5.41, 5.74) is 0.474. The Kier molecular flexibility index (Phi) is 5.47. The maximum absolute atomic E-state index is 5.71. The highest BCUT2D eigenvalue weighted by Gasteiger charge is 2.29. The van der Waals surface area contributed by atoms with Crippen LogP contribution in [0.25, 0.3) is 0 Å². The molecular formula is C18H29NO. The van der Waals surface area contributed by atoms with Crippen LogP contribution >= 0.6 is 0 Å². The van der Waals surface area contributed by atoms with Gasteiger partial charge in [-0.3, -0.25) is 0 Å². The van der Waals surface area contributed by atoms with Crippen molar-refractivity contribution in [2.24, 2.45) is 11.3 Å². The van der Waals surface area contributed by atoms with E-state index >= 15 is 0 Å². The van der Waals surface area contributed by atoms with Crippen molar-refractivity contribution in [3.8, 4) is 5.75 Å². The van der Waals surface area contributed by atoms with Gasteiger partial charge in [-0.05, 0) is 49.1 Å². The number of nitrogens with one attached hydrogen (secondary N) is 1. The topological polar surface area (TPSA) is 21.3 Å². The highest BCUT2D eigenvalue weighted by Crippen LogP contribution is 2.37. The maximum atomic E-state index is 5.71. The van der Waals surface area contributed by atoms with Crippen LogP contribution in [-0.4, -0.2) is 19.2 Å². The molecular weight excluding hydrogens is 246 g/mol. The molecule has 0 aromatic heterocycles. The molecule has 112 valence electrons. The zero-order chi connectivity index (χ0) is 14.4. The Morgan fingerprint density at radius 1 is 1.05 bits per heavy atom. The van der Waals surface area contributed by atoms with Crippen LogP contribution in [0.4, 0.5) is 0 Å². The van der Waals surface area contributed by atoms with Crippen LogP contribution in [0.2, 0.25) is 0 Å². The van der Waals surface area contributed by atoms with E-state index < -0.39 is 0 Å². The van der Waals surface area contributed by atoms with Gasteiger partial charge in [0.05, 0.1) is 0 Å². The van der Waals surface area contributed by atoms with E-state index in [1.807, 2.05) is 30.3 Å². The molecule has 0 heterocycles. The minimum absolute atomic E-state index is 0.474. The average Bonchev–Trinajstić information content (AvgIpc) is 2.44. The summed E-state index contributed by atoms with van der Waals surface area (Å²) in [5.74, 6) is 1.85. The highest BCUT2D eigenvalue weighted by molar-refractivity contribution is 5.20. The van der Waals surface area contributed by atoms with Crippen LogP contribution in [0, 0.1) is 11.3 Å². The van der Waals surface area contributed by atoms with Crippen LogP contribution in [0.1, 0.15) is 46.5 Å². The first-order chi connectivity index (χ1) is 9.55. The standard InChI is InChI=1S/C18H29NO/c1-18(2,3)15-9-11-16(12-10-15)19-13-14-20-17-7-5-4-6-8-17/h4-8,15-16,19H,9-14H2,1-3H3. The molecule has 1 aliphatic rings. The van der Waals surface area contributed by atoms with Gasteiger partial charge in [-0.1, -0.05) is 39.0 Å². The third-order valence-corrected chi connectivity index (χ3v) is 4.50. The fourth-order valence-electron chi connectivity index (χ4n) is 3.11.